The summed E-state index contributed by atoms with van der Waals surface area (Å²) < 4.78 is 1.28. The van der Waals surface area contributed by atoms with Gasteiger partial charge < -0.3 is 11.1 Å². The van der Waals surface area contributed by atoms with E-state index < -0.39 is 5.69 Å². The molecule has 2 rings (SSSR count). The molecule has 1 aromatic heterocycles. The third kappa shape index (κ3) is 3.23. The molecule has 0 spiro atoms. The number of carbonyl (C=O) groups is 1. The molecule has 2 aromatic rings. The molecule has 0 saturated heterocycles. The number of benzene rings is 1. The number of aryl methyl sites for hydroxylation is 2. The number of hydrogen-bond acceptors (Lipinski definition) is 4. The molecule has 1 amide bonds. The SMILES string of the molecule is Cc1cnc(=O)n(CC(=O)Nc2ccc(N)cc2C)c1. The number of nitrogens with zero attached hydrogens (tertiary/aromatic N) is 2. The molecule has 6 nitrogen and oxygen atoms in total. The van der Waals surface area contributed by atoms with Gasteiger partial charge in [0.1, 0.15) is 6.54 Å². The zero-order valence-electron chi connectivity index (χ0n) is 11.4. The van der Waals surface area contributed by atoms with Gasteiger partial charge in [-0.1, -0.05) is 0 Å². The fourth-order valence-corrected chi connectivity index (χ4v) is 1.85. The van der Waals surface area contributed by atoms with E-state index in [0.29, 0.717) is 11.4 Å². The Bertz CT molecular complexity index is 707. The van der Waals surface area contributed by atoms with Crippen LogP contribution in [0.1, 0.15) is 11.1 Å². The monoisotopic (exact) mass is 272 g/mol. The Morgan fingerprint density at radius 1 is 1.40 bits per heavy atom. The van der Waals surface area contributed by atoms with Crippen LogP contribution >= 0.6 is 0 Å². The number of amides is 1. The lowest BCUT2D eigenvalue weighted by atomic mass is 10.2. The standard InChI is InChI=1S/C14H16N4O2/c1-9-6-16-14(20)18(7-9)8-13(19)17-12-4-3-11(15)5-10(12)2/h3-7H,8,15H2,1-2H3,(H,17,19). The van der Waals surface area contributed by atoms with Crippen LogP contribution in [-0.2, 0) is 11.3 Å². The van der Waals surface area contributed by atoms with E-state index in [1.54, 1.807) is 24.4 Å². The summed E-state index contributed by atoms with van der Waals surface area (Å²) in [5.74, 6) is -0.285. The van der Waals surface area contributed by atoms with Crippen molar-refractivity contribution in [2.75, 3.05) is 11.1 Å². The summed E-state index contributed by atoms with van der Waals surface area (Å²) >= 11 is 0. The van der Waals surface area contributed by atoms with E-state index in [2.05, 4.69) is 10.3 Å². The van der Waals surface area contributed by atoms with Crippen LogP contribution in [-0.4, -0.2) is 15.5 Å². The molecule has 3 N–H and O–H groups in total. The van der Waals surface area contributed by atoms with E-state index in [9.17, 15) is 9.59 Å². The minimum Gasteiger partial charge on any atom is -0.399 e. The largest absolute Gasteiger partial charge is 0.399 e. The number of rotatable bonds is 3. The first-order chi connectivity index (χ1) is 9.45. The molecule has 1 heterocycles. The van der Waals surface area contributed by atoms with Crippen LogP contribution in [0.15, 0.2) is 35.4 Å². The van der Waals surface area contributed by atoms with Crippen molar-refractivity contribution in [1.82, 2.24) is 9.55 Å². The van der Waals surface area contributed by atoms with Crippen molar-refractivity contribution in [3.8, 4) is 0 Å². The van der Waals surface area contributed by atoms with Gasteiger partial charge in [-0.25, -0.2) is 9.78 Å². The minimum atomic E-state index is -0.445. The van der Waals surface area contributed by atoms with Crippen LogP contribution in [0.3, 0.4) is 0 Å². The molecule has 0 aliphatic rings. The summed E-state index contributed by atoms with van der Waals surface area (Å²) in [6, 6.07) is 5.22. The number of anilines is 2. The topological polar surface area (TPSA) is 90.0 Å². The third-order valence-electron chi connectivity index (χ3n) is 2.82. The first kappa shape index (κ1) is 13.8. The number of nitrogens with one attached hydrogen (secondary N) is 1. The lowest BCUT2D eigenvalue weighted by Crippen LogP contribution is -2.29. The summed E-state index contributed by atoms with van der Waals surface area (Å²) in [7, 11) is 0. The average Bonchev–Trinajstić information content (AvgIpc) is 2.37. The second kappa shape index (κ2) is 5.56. The zero-order valence-corrected chi connectivity index (χ0v) is 11.4. The maximum Gasteiger partial charge on any atom is 0.347 e. The number of nitrogens with two attached hydrogens (primary N) is 1. The molecule has 0 radical (unpaired) electrons. The molecule has 20 heavy (non-hydrogen) atoms. The van der Waals surface area contributed by atoms with Crippen molar-refractivity contribution in [2.24, 2.45) is 0 Å². The van der Waals surface area contributed by atoms with Gasteiger partial charge in [-0.05, 0) is 43.2 Å². The molecular formula is C14H16N4O2. The Morgan fingerprint density at radius 3 is 2.85 bits per heavy atom. The normalized spacial score (nSPS) is 10.3. The van der Waals surface area contributed by atoms with Gasteiger partial charge >= 0.3 is 5.69 Å². The van der Waals surface area contributed by atoms with E-state index in [1.807, 2.05) is 13.8 Å². The molecule has 0 atom stereocenters. The quantitative estimate of drug-likeness (QED) is 0.818. The van der Waals surface area contributed by atoms with Gasteiger partial charge in [0.15, 0.2) is 0 Å². The molecule has 104 valence electrons. The molecule has 0 aliphatic carbocycles. The summed E-state index contributed by atoms with van der Waals surface area (Å²) in [6.07, 6.45) is 3.08. The number of aromatic nitrogens is 2. The zero-order chi connectivity index (χ0) is 14.7. The van der Waals surface area contributed by atoms with Crippen LogP contribution < -0.4 is 16.7 Å². The smallest absolute Gasteiger partial charge is 0.347 e. The van der Waals surface area contributed by atoms with Crippen molar-refractivity contribution in [2.45, 2.75) is 20.4 Å². The second-order valence-electron chi connectivity index (χ2n) is 4.66. The molecule has 6 heteroatoms. The van der Waals surface area contributed by atoms with Crippen LogP contribution in [0, 0.1) is 13.8 Å². The van der Waals surface area contributed by atoms with Crippen LogP contribution in [0.5, 0.6) is 0 Å². The van der Waals surface area contributed by atoms with Crippen molar-refractivity contribution >= 4 is 17.3 Å². The lowest BCUT2D eigenvalue weighted by molar-refractivity contribution is -0.116. The first-order valence-electron chi connectivity index (χ1n) is 6.15. The summed E-state index contributed by atoms with van der Waals surface area (Å²) in [5, 5.41) is 2.75. The number of hydrogen-bond donors (Lipinski definition) is 2. The minimum absolute atomic E-state index is 0.0721. The van der Waals surface area contributed by atoms with Crippen LogP contribution in [0.2, 0.25) is 0 Å². The third-order valence-corrected chi connectivity index (χ3v) is 2.82. The van der Waals surface area contributed by atoms with E-state index in [-0.39, 0.29) is 12.5 Å². The molecule has 1 aromatic carbocycles. The van der Waals surface area contributed by atoms with Gasteiger partial charge in [0.2, 0.25) is 5.91 Å². The van der Waals surface area contributed by atoms with Crippen molar-refractivity contribution in [3.63, 3.8) is 0 Å². The number of nitrogen functional groups attached to an aromatic ring is 1. The van der Waals surface area contributed by atoms with Crippen LogP contribution in [0.25, 0.3) is 0 Å². The molecule has 0 aliphatic heterocycles. The van der Waals surface area contributed by atoms with Gasteiger partial charge in [-0.3, -0.25) is 9.36 Å². The molecule has 0 unspecified atom stereocenters. The maximum atomic E-state index is 12.0. The van der Waals surface area contributed by atoms with Crippen molar-refractivity contribution in [3.05, 3.63) is 52.2 Å². The molecule has 0 fully saturated rings. The summed E-state index contributed by atoms with van der Waals surface area (Å²) in [5.41, 5.74) is 8.21. The predicted octanol–water partition coefficient (Wildman–Crippen LogP) is 1.08. The predicted molar refractivity (Wildman–Crippen MR) is 77.5 cm³/mol. The van der Waals surface area contributed by atoms with Crippen molar-refractivity contribution < 1.29 is 4.79 Å². The van der Waals surface area contributed by atoms with Gasteiger partial charge in [0, 0.05) is 23.8 Å². The molecular weight excluding hydrogens is 256 g/mol. The van der Waals surface area contributed by atoms with Gasteiger partial charge in [-0.2, -0.15) is 0 Å². The van der Waals surface area contributed by atoms with Gasteiger partial charge in [0.05, 0.1) is 0 Å². The van der Waals surface area contributed by atoms with Gasteiger partial charge in [0.25, 0.3) is 0 Å². The number of carbonyl (C=O) groups excluding carboxylic acids is 1. The van der Waals surface area contributed by atoms with Gasteiger partial charge in [-0.15, -0.1) is 0 Å². The van der Waals surface area contributed by atoms with E-state index in [4.69, 9.17) is 5.73 Å². The Labute approximate surface area is 116 Å². The first-order valence-corrected chi connectivity index (χ1v) is 6.15. The maximum absolute atomic E-state index is 12.0. The Morgan fingerprint density at radius 2 is 2.15 bits per heavy atom. The molecule has 0 bridgehead atoms. The Kier molecular flexibility index (Phi) is 3.84. The summed E-state index contributed by atoms with van der Waals surface area (Å²) in [6.45, 7) is 3.59. The van der Waals surface area contributed by atoms with E-state index in [1.165, 1.54) is 10.8 Å². The highest BCUT2D eigenvalue weighted by molar-refractivity contribution is 5.91. The van der Waals surface area contributed by atoms with E-state index >= 15 is 0 Å². The highest BCUT2D eigenvalue weighted by atomic mass is 16.2. The second-order valence-corrected chi connectivity index (χ2v) is 4.66. The average molecular weight is 272 g/mol. The summed E-state index contributed by atoms with van der Waals surface area (Å²) in [4.78, 5) is 27.2. The van der Waals surface area contributed by atoms with Crippen LogP contribution in [0.4, 0.5) is 11.4 Å². The lowest BCUT2D eigenvalue weighted by Gasteiger charge is -2.10. The Hall–Kier alpha value is -2.63. The Balaban J connectivity index is 2.13. The highest BCUT2D eigenvalue weighted by Gasteiger charge is 2.07. The fourth-order valence-electron chi connectivity index (χ4n) is 1.85. The highest BCUT2D eigenvalue weighted by Crippen LogP contribution is 2.17. The fraction of sp³-hybridized carbons (Fsp3) is 0.214. The van der Waals surface area contributed by atoms with Crippen molar-refractivity contribution in [1.29, 1.82) is 0 Å². The molecule has 0 saturated carbocycles. The van der Waals surface area contributed by atoms with E-state index in [0.717, 1.165) is 11.1 Å².